The second-order valence-corrected chi connectivity index (χ2v) is 19.8. The maximum absolute atomic E-state index is 12.9. The van der Waals surface area contributed by atoms with Crippen molar-refractivity contribution < 1.29 is 19.0 Å². The highest BCUT2D eigenvalue weighted by molar-refractivity contribution is 6.76. The van der Waals surface area contributed by atoms with Gasteiger partial charge in [-0.25, -0.2) is 14.2 Å². The maximum atomic E-state index is 12.9. The van der Waals surface area contributed by atoms with Crippen LogP contribution in [-0.4, -0.2) is 92.4 Å². The van der Waals surface area contributed by atoms with Crippen LogP contribution in [0.5, 0.6) is 0 Å². The maximum Gasteiger partial charge on any atom is 0.410 e. The van der Waals surface area contributed by atoms with Crippen molar-refractivity contribution in [2.45, 2.75) is 89.8 Å². The molecule has 12 nitrogen and oxygen atoms in total. The van der Waals surface area contributed by atoms with Gasteiger partial charge >= 0.3 is 6.09 Å². The lowest BCUT2D eigenvalue weighted by molar-refractivity contribution is -0.0803. The number of benzene rings is 1. The van der Waals surface area contributed by atoms with E-state index in [1.54, 1.807) is 6.20 Å². The molecule has 1 N–H and O–H groups in total. The van der Waals surface area contributed by atoms with E-state index in [-0.39, 0.29) is 24.2 Å². The summed E-state index contributed by atoms with van der Waals surface area (Å²) in [6.45, 7) is 14.8. The molecule has 5 heterocycles. The van der Waals surface area contributed by atoms with Gasteiger partial charge in [0.2, 0.25) is 0 Å². The Bertz CT molecular complexity index is 1600. The Morgan fingerprint density at radius 1 is 1.07 bits per heavy atom. The second-order valence-electron chi connectivity index (χ2n) is 14.2. The minimum Gasteiger partial charge on any atom is -0.444 e. The van der Waals surface area contributed by atoms with Crippen LogP contribution < -0.4 is 5.32 Å². The highest BCUT2D eigenvalue weighted by atomic mass is 28.3. The number of morpholine rings is 1. The molecule has 1 unspecified atom stereocenters. The molecule has 2 aliphatic rings. The summed E-state index contributed by atoms with van der Waals surface area (Å²) in [7, 11) is -1.20. The first-order chi connectivity index (χ1) is 21.4. The third-order valence-electron chi connectivity index (χ3n) is 8.16. The van der Waals surface area contributed by atoms with Crippen molar-refractivity contribution >= 4 is 30.9 Å². The molecule has 45 heavy (non-hydrogen) atoms. The minimum absolute atomic E-state index is 0.0466. The molecule has 0 radical (unpaired) electrons. The zero-order chi connectivity index (χ0) is 31.8. The van der Waals surface area contributed by atoms with E-state index in [4.69, 9.17) is 19.3 Å². The number of amides is 1. The van der Waals surface area contributed by atoms with E-state index in [0.29, 0.717) is 32.4 Å². The molecular weight excluding hydrogens is 588 g/mol. The van der Waals surface area contributed by atoms with Crippen molar-refractivity contribution in [2.24, 2.45) is 0 Å². The van der Waals surface area contributed by atoms with Gasteiger partial charge < -0.3 is 19.5 Å². The Labute approximate surface area is 265 Å². The van der Waals surface area contributed by atoms with Crippen LogP contribution in [0, 0.1) is 0 Å². The van der Waals surface area contributed by atoms with E-state index in [9.17, 15) is 4.79 Å². The van der Waals surface area contributed by atoms with Crippen molar-refractivity contribution in [1.82, 2.24) is 34.7 Å². The first kappa shape index (κ1) is 31.2. The van der Waals surface area contributed by atoms with E-state index in [1.165, 1.54) is 0 Å². The van der Waals surface area contributed by atoms with Crippen LogP contribution in [0.15, 0.2) is 48.9 Å². The summed E-state index contributed by atoms with van der Waals surface area (Å²) in [5.74, 6) is 0.698. The molecule has 1 aromatic carbocycles. The number of nitrogens with zero attached hydrogens (tertiary/aromatic N) is 7. The standard InChI is InChI=1S/C32H44N8O4Si/c1-32(2,3)44-31(41)40-23-16-22(17-24(40)20-43-19-23)35-29-11-9-27(36-37-29)25-8-10-28(38-13-7-12-33-38)30-26(25)18-34-39(30)21-42-14-15-45(4,5)6/h7-13,18,22-24H,14-17,19-21H2,1-6H3,(H,35,37)/t22?,23-,24+. The fraction of sp³-hybridized carbons (Fsp3) is 0.531. The molecule has 2 aliphatic heterocycles. The number of nitrogens with one attached hydrogen (secondary N) is 1. The first-order valence-corrected chi connectivity index (χ1v) is 19.4. The molecule has 0 aliphatic carbocycles. The van der Waals surface area contributed by atoms with Crippen molar-refractivity contribution in [3.05, 3.63) is 48.9 Å². The third kappa shape index (κ3) is 7.20. The van der Waals surface area contributed by atoms with Crippen LogP contribution in [0.3, 0.4) is 0 Å². The SMILES string of the molecule is CC(C)(C)OC(=O)N1[C@@H]2COC[C@H]1CC(Nc1ccc(-c3ccc(-n4cccn4)c4c3cnn4COCC[Si](C)(C)C)nn1)C2. The molecule has 0 spiro atoms. The number of hydrogen-bond acceptors (Lipinski definition) is 9. The molecule has 4 aromatic rings. The number of carbonyl (C=O) groups excluding carboxylic acids is 1. The lowest BCUT2D eigenvalue weighted by Crippen LogP contribution is -2.61. The van der Waals surface area contributed by atoms with Gasteiger partial charge in [0.15, 0.2) is 0 Å². The average Bonchev–Trinajstić information content (AvgIpc) is 3.65. The summed E-state index contributed by atoms with van der Waals surface area (Å²) < 4.78 is 21.3. The molecule has 6 rings (SSSR count). The molecule has 240 valence electrons. The molecule has 0 saturated carbocycles. The number of ether oxygens (including phenoxy) is 3. The van der Waals surface area contributed by atoms with Gasteiger partial charge in [-0.15, -0.1) is 10.2 Å². The summed E-state index contributed by atoms with van der Waals surface area (Å²) in [4.78, 5) is 14.8. The smallest absolute Gasteiger partial charge is 0.410 e. The lowest BCUT2D eigenvalue weighted by atomic mass is 9.90. The molecule has 1 amide bonds. The average molecular weight is 633 g/mol. The number of aromatic nitrogens is 6. The summed E-state index contributed by atoms with van der Waals surface area (Å²) in [5, 5.41) is 22.9. The normalized spacial score (nSPS) is 20.4. The topological polar surface area (TPSA) is 121 Å². The highest BCUT2D eigenvalue weighted by Crippen LogP contribution is 2.33. The fourth-order valence-electron chi connectivity index (χ4n) is 6.04. The van der Waals surface area contributed by atoms with Crippen LogP contribution >= 0.6 is 0 Å². The molecule has 3 atom stereocenters. The van der Waals surface area contributed by atoms with Crippen LogP contribution in [-0.2, 0) is 20.9 Å². The van der Waals surface area contributed by atoms with Crippen molar-refractivity contribution in [3.63, 3.8) is 0 Å². The van der Waals surface area contributed by atoms with E-state index >= 15 is 0 Å². The van der Waals surface area contributed by atoms with Crippen LogP contribution in [0.2, 0.25) is 25.7 Å². The quantitative estimate of drug-likeness (QED) is 0.186. The van der Waals surface area contributed by atoms with Gasteiger partial charge in [-0.1, -0.05) is 19.6 Å². The number of fused-ring (bicyclic) bond motifs is 3. The lowest BCUT2D eigenvalue weighted by Gasteiger charge is -2.48. The Morgan fingerprint density at radius 3 is 2.49 bits per heavy atom. The summed E-state index contributed by atoms with van der Waals surface area (Å²) in [6.07, 6.45) is 6.78. The van der Waals surface area contributed by atoms with Crippen molar-refractivity contribution in [1.29, 1.82) is 0 Å². The Morgan fingerprint density at radius 2 is 1.84 bits per heavy atom. The van der Waals surface area contributed by atoms with Gasteiger partial charge in [0.1, 0.15) is 18.1 Å². The molecule has 2 bridgehead atoms. The third-order valence-corrected chi connectivity index (χ3v) is 9.86. The summed E-state index contributed by atoms with van der Waals surface area (Å²) in [6, 6.07) is 11.1. The van der Waals surface area contributed by atoms with Crippen molar-refractivity contribution in [2.75, 3.05) is 25.1 Å². The van der Waals surface area contributed by atoms with Gasteiger partial charge in [-0.05, 0) is 70.0 Å². The van der Waals surface area contributed by atoms with Gasteiger partial charge in [-0.2, -0.15) is 10.2 Å². The Hall–Kier alpha value is -3.81. The molecule has 3 aromatic heterocycles. The largest absolute Gasteiger partial charge is 0.444 e. The fourth-order valence-corrected chi connectivity index (χ4v) is 6.79. The van der Waals surface area contributed by atoms with Crippen LogP contribution in [0.1, 0.15) is 33.6 Å². The van der Waals surface area contributed by atoms with Crippen LogP contribution in [0.4, 0.5) is 10.6 Å². The van der Waals surface area contributed by atoms with E-state index in [0.717, 1.165) is 46.7 Å². The number of carbonyl (C=O) groups is 1. The van der Waals surface area contributed by atoms with Gasteiger partial charge in [-0.3, -0.25) is 4.90 Å². The Balaban J connectivity index is 1.19. The summed E-state index contributed by atoms with van der Waals surface area (Å²) in [5.41, 5.74) is 3.00. The first-order valence-electron chi connectivity index (χ1n) is 15.7. The number of rotatable bonds is 9. The van der Waals surface area contributed by atoms with Crippen molar-refractivity contribution in [3.8, 4) is 16.9 Å². The predicted octanol–water partition coefficient (Wildman–Crippen LogP) is 5.57. The second kappa shape index (κ2) is 12.5. The number of anilines is 1. The molecule has 13 heteroatoms. The number of hydrogen-bond donors (Lipinski definition) is 1. The summed E-state index contributed by atoms with van der Waals surface area (Å²) >= 11 is 0. The van der Waals surface area contributed by atoms with E-state index in [2.05, 4.69) is 40.3 Å². The van der Waals surface area contributed by atoms with E-state index in [1.807, 2.05) is 77.8 Å². The zero-order valence-corrected chi connectivity index (χ0v) is 28.1. The Kier molecular flexibility index (Phi) is 8.68. The predicted molar refractivity (Wildman–Crippen MR) is 175 cm³/mol. The molecule has 2 fully saturated rings. The molecular formula is C32H44N8O4Si. The van der Waals surface area contributed by atoms with Gasteiger partial charge in [0.05, 0.1) is 48.4 Å². The zero-order valence-electron chi connectivity index (χ0n) is 27.1. The van der Waals surface area contributed by atoms with Gasteiger partial charge in [0.25, 0.3) is 0 Å². The number of piperidine rings is 1. The highest BCUT2D eigenvalue weighted by Gasteiger charge is 2.43. The minimum atomic E-state index is -1.20. The van der Waals surface area contributed by atoms with E-state index < -0.39 is 13.7 Å². The molecule has 2 saturated heterocycles. The van der Waals surface area contributed by atoms with Crippen LogP contribution in [0.25, 0.3) is 27.8 Å². The van der Waals surface area contributed by atoms with Gasteiger partial charge in [0, 0.05) is 44.1 Å². The monoisotopic (exact) mass is 632 g/mol.